The molecule has 3 aromatic rings. The minimum absolute atomic E-state index is 0.140. The van der Waals surface area contributed by atoms with Crippen molar-refractivity contribution >= 4 is 5.91 Å². The van der Waals surface area contributed by atoms with Crippen LogP contribution in [0.4, 0.5) is 8.78 Å². The normalized spacial score (nSPS) is 13.6. The highest BCUT2D eigenvalue weighted by Gasteiger charge is 2.27. The molecule has 0 aliphatic carbocycles. The summed E-state index contributed by atoms with van der Waals surface area (Å²) in [6.07, 6.45) is 3.45. The van der Waals surface area contributed by atoms with E-state index in [4.69, 9.17) is 4.42 Å². The third-order valence-corrected chi connectivity index (χ3v) is 4.15. The van der Waals surface area contributed by atoms with Crippen LogP contribution < -0.4 is 0 Å². The zero-order chi connectivity index (χ0) is 18.3. The largest absolute Gasteiger partial charge is 0.441 e. The minimum Gasteiger partial charge on any atom is -0.441 e. The summed E-state index contributed by atoms with van der Waals surface area (Å²) in [6.45, 7) is 2.45. The molecule has 1 aliphatic heterocycles. The number of nitrogens with zero attached hydrogens (tertiary/aromatic N) is 4. The summed E-state index contributed by atoms with van der Waals surface area (Å²) in [5, 5.41) is 0. The number of amides is 1. The highest BCUT2D eigenvalue weighted by atomic mass is 19.1. The Bertz CT molecular complexity index is 965. The van der Waals surface area contributed by atoms with Crippen LogP contribution in [0.15, 0.2) is 35.0 Å². The first-order valence-electron chi connectivity index (χ1n) is 8.02. The van der Waals surface area contributed by atoms with E-state index in [9.17, 15) is 13.6 Å². The van der Waals surface area contributed by atoms with Gasteiger partial charge < -0.3 is 9.32 Å². The van der Waals surface area contributed by atoms with Crippen molar-refractivity contribution in [2.45, 2.75) is 19.9 Å². The standard InChI is InChI=1S/C18H14F2N4O2/c1-10-21-7-12(8-22-10)18(25)24-3-2-16-15(9-24)23-17(26-16)11-4-13(19)6-14(20)5-11/h4-8H,2-3,9H2,1H3. The van der Waals surface area contributed by atoms with E-state index in [1.165, 1.54) is 12.4 Å². The van der Waals surface area contributed by atoms with E-state index in [1.807, 2.05) is 0 Å². The van der Waals surface area contributed by atoms with Gasteiger partial charge >= 0.3 is 0 Å². The Kier molecular flexibility index (Phi) is 3.95. The van der Waals surface area contributed by atoms with Crippen LogP contribution in [0.1, 0.15) is 27.6 Å². The predicted molar refractivity (Wildman–Crippen MR) is 87.1 cm³/mol. The molecule has 0 bridgehead atoms. The fraction of sp³-hybridized carbons (Fsp3) is 0.222. The average Bonchev–Trinajstić information content (AvgIpc) is 3.04. The lowest BCUT2D eigenvalue weighted by molar-refractivity contribution is 0.0727. The van der Waals surface area contributed by atoms with Crippen molar-refractivity contribution in [2.75, 3.05) is 6.54 Å². The molecule has 0 N–H and O–H groups in total. The van der Waals surface area contributed by atoms with Crippen LogP contribution in [0.3, 0.4) is 0 Å². The Hall–Kier alpha value is -3.16. The number of hydrogen-bond donors (Lipinski definition) is 0. The first-order chi connectivity index (χ1) is 12.5. The van der Waals surface area contributed by atoms with Crippen molar-refractivity contribution in [3.8, 4) is 11.5 Å². The van der Waals surface area contributed by atoms with Gasteiger partial charge in [0.05, 0.1) is 12.1 Å². The molecule has 3 heterocycles. The van der Waals surface area contributed by atoms with Crippen LogP contribution in [0.2, 0.25) is 0 Å². The van der Waals surface area contributed by atoms with Gasteiger partial charge in [-0.25, -0.2) is 23.7 Å². The van der Waals surface area contributed by atoms with Gasteiger partial charge in [0.1, 0.15) is 28.9 Å². The summed E-state index contributed by atoms with van der Waals surface area (Å²) >= 11 is 0. The number of oxazole rings is 1. The third-order valence-electron chi connectivity index (χ3n) is 4.15. The van der Waals surface area contributed by atoms with Crippen LogP contribution in [0.25, 0.3) is 11.5 Å². The van der Waals surface area contributed by atoms with Crippen LogP contribution in [0.5, 0.6) is 0 Å². The van der Waals surface area contributed by atoms with Crippen molar-refractivity contribution < 1.29 is 18.0 Å². The molecule has 0 saturated heterocycles. The molecule has 26 heavy (non-hydrogen) atoms. The molecule has 1 amide bonds. The number of hydrogen-bond acceptors (Lipinski definition) is 5. The summed E-state index contributed by atoms with van der Waals surface area (Å²) < 4.78 is 32.5. The minimum atomic E-state index is -0.702. The second-order valence-electron chi connectivity index (χ2n) is 6.04. The first-order valence-corrected chi connectivity index (χ1v) is 8.02. The number of carbonyl (C=O) groups is 1. The van der Waals surface area contributed by atoms with Gasteiger partial charge in [-0.05, 0) is 19.1 Å². The molecule has 1 aromatic carbocycles. The van der Waals surface area contributed by atoms with Crippen LogP contribution in [-0.4, -0.2) is 32.3 Å². The van der Waals surface area contributed by atoms with Crippen LogP contribution >= 0.6 is 0 Å². The van der Waals surface area contributed by atoms with Gasteiger partial charge in [0.2, 0.25) is 5.89 Å². The molecule has 6 nitrogen and oxygen atoms in total. The number of benzene rings is 1. The van der Waals surface area contributed by atoms with Crippen molar-refractivity contribution in [3.05, 3.63) is 65.1 Å². The maximum Gasteiger partial charge on any atom is 0.257 e. The van der Waals surface area contributed by atoms with Gasteiger partial charge in [0, 0.05) is 37.0 Å². The number of aromatic nitrogens is 3. The van der Waals surface area contributed by atoms with E-state index in [1.54, 1.807) is 11.8 Å². The number of aryl methyl sites for hydroxylation is 1. The lowest BCUT2D eigenvalue weighted by Crippen LogP contribution is -2.36. The summed E-state index contributed by atoms with van der Waals surface area (Å²) in [5.74, 6) is -0.252. The predicted octanol–water partition coefficient (Wildman–Crippen LogP) is 2.92. The lowest BCUT2D eigenvalue weighted by atomic mass is 10.1. The molecule has 0 radical (unpaired) electrons. The van der Waals surface area contributed by atoms with Gasteiger partial charge in [-0.15, -0.1) is 0 Å². The first kappa shape index (κ1) is 16.3. The zero-order valence-corrected chi connectivity index (χ0v) is 13.9. The van der Waals surface area contributed by atoms with E-state index in [-0.39, 0.29) is 23.9 Å². The summed E-state index contributed by atoms with van der Waals surface area (Å²) in [4.78, 5) is 26.6. The van der Waals surface area contributed by atoms with Gasteiger partial charge in [-0.1, -0.05) is 0 Å². The monoisotopic (exact) mass is 356 g/mol. The molecule has 0 fully saturated rings. The number of fused-ring (bicyclic) bond motifs is 1. The number of halogens is 2. The molecule has 132 valence electrons. The van der Waals surface area contributed by atoms with Crippen LogP contribution in [-0.2, 0) is 13.0 Å². The Morgan fingerprint density at radius 2 is 1.85 bits per heavy atom. The molecule has 2 aromatic heterocycles. The second kappa shape index (κ2) is 6.29. The maximum atomic E-state index is 13.4. The zero-order valence-electron chi connectivity index (χ0n) is 13.9. The Labute approximate surface area is 147 Å². The highest BCUT2D eigenvalue weighted by molar-refractivity contribution is 5.93. The van der Waals surface area contributed by atoms with Crippen molar-refractivity contribution in [3.63, 3.8) is 0 Å². The molecule has 0 spiro atoms. The Morgan fingerprint density at radius 1 is 1.15 bits per heavy atom. The molecule has 1 aliphatic rings. The molecular weight excluding hydrogens is 342 g/mol. The molecule has 4 rings (SSSR count). The van der Waals surface area contributed by atoms with Gasteiger partial charge in [0.25, 0.3) is 5.91 Å². The van der Waals surface area contributed by atoms with E-state index in [0.29, 0.717) is 35.8 Å². The molecule has 0 atom stereocenters. The van der Waals surface area contributed by atoms with E-state index < -0.39 is 11.6 Å². The van der Waals surface area contributed by atoms with Gasteiger partial charge in [0.15, 0.2) is 0 Å². The van der Waals surface area contributed by atoms with E-state index in [2.05, 4.69) is 15.0 Å². The highest BCUT2D eigenvalue weighted by Crippen LogP contribution is 2.27. The quantitative estimate of drug-likeness (QED) is 0.706. The fourth-order valence-corrected chi connectivity index (χ4v) is 2.86. The molecule has 0 unspecified atom stereocenters. The smallest absolute Gasteiger partial charge is 0.257 e. The average molecular weight is 356 g/mol. The molecular formula is C18H14F2N4O2. The van der Waals surface area contributed by atoms with Gasteiger partial charge in [-0.2, -0.15) is 0 Å². The second-order valence-corrected chi connectivity index (χ2v) is 6.04. The lowest BCUT2D eigenvalue weighted by Gasteiger charge is -2.25. The Balaban J connectivity index is 1.58. The topological polar surface area (TPSA) is 72.1 Å². The van der Waals surface area contributed by atoms with E-state index >= 15 is 0 Å². The van der Waals surface area contributed by atoms with Gasteiger partial charge in [-0.3, -0.25) is 4.79 Å². The van der Waals surface area contributed by atoms with Crippen LogP contribution in [0, 0.1) is 18.6 Å². The van der Waals surface area contributed by atoms with Crippen molar-refractivity contribution in [1.82, 2.24) is 19.9 Å². The molecule has 0 saturated carbocycles. The molecule has 8 heteroatoms. The third kappa shape index (κ3) is 3.05. The van der Waals surface area contributed by atoms with Crippen molar-refractivity contribution in [1.29, 1.82) is 0 Å². The number of rotatable bonds is 2. The fourth-order valence-electron chi connectivity index (χ4n) is 2.86. The summed E-state index contributed by atoms with van der Waals surface area (Å²) in [7, 11) is 0. The summed E-state index contributed by atoms with van der Waals surface area (Å²) in [5.41, 5.74) is 1.20. The summed E-state index contributed by atoms with van der Waals surface area (Å²) in [6, 6.07) is 3.11. The number of carbonyl (C=O) groups excluding carboxylic acids is 1. The van der Waals surface area contributed by atoms with E-state index in [0.717, 1.165) is 18.2 Å². The SMILES string of the molecule is Cc1ncc(C(=O)N2CCc3oc(-c4cc(F)cc(F)c4)nc3C2)cn1. The Morgan fingerprint density at radius 3 is 2.54 bits per heavy atom. The van der Waals surface area contributed by atoms with Crippen molar-refractivity contribution in [2.24, 2.45) is 0 Å². The maximum absolute atomic E-state index is 13.4.